The first-order valence-electron chi connectivity index (χ1n) is 11.5. The maximum absolute atomic E-state index is 12.6. The fourth-order valence-corrected chi connectivity index (χ4v) is 3.98. The van der Waals surface area contributed by atoms with Crippen molar-refractivity contribution in [2.45, 2.75) is 50.5 Å². The zero-order chi connectivity index (χ0) is 24.5. The molecular formula is C28H30O7. The second-order valence-corrected chi connectivity index (χ2v) is 8.25. The number of aliphatic hydroxyl groups excluding tert-OH is 1. The number of carbonyl (C=O) groups excluding carboxylic acids is 1. The van der Waals surface area contributed by atoms with Crippen LogP contribution in [0.5, 0.6) is 0 Å². The smallest absolute Gasteiger partial charge is 0.337 e. The summed E-state index contributed by atoms with van der Waals surface area (Å²) in [6, 6.07) is 28.8. The van der Waals surface area contributed by atoms with Gasteiger partial charge in [-0.1, -0.05) is 91.0 Å². The number of hydrogen-bond donors (Lipinski definition) is 1. The molecule has 4 rings (SSSR count). The molecule has 1 saturated heterocycles. The lowest BCUT2D eigenvalue weighted by Gasteiger charge is -2.43. The predicted molar refractivity (Wildman–Crippen MR) is 128 cm³/mol. The number of hydrogen-bond acceptors (Lipinski definition) is 7. The molecule has 0 radical (unpaired) electrons. The van der Waals surface area contributed by atoms with Crippen LogP contribution in [0.25, 0.3) is 0 Å². The summed E-state index contributed by atoms with van der Waals surface area (Å²) in [5.41, 5.74) is 2.79. The summed E-state index contributed by atoms with van der Waals surface area (Å²) in [5, 5.41) is 10.8. The third-order valence-electron chi connectivity index (χ3n) is 5.80. The SMILES string of the molecule is COC(=O)C1OC(O)C(OCc2ccccc2)C(OCc2ccccc2)C1OCc1ccccc1. The molecule has 7 nitrogen and oxygen atoms in total. The van der Waals surface area contributed by atoms with E-state index < -0.39 is 36.7 Å². The summed E-state index contributed by atoms with van der Waals surface area (Å²) >= 11 is 0. The highest BCUT2D eigenvalue weighted by Crippen LogP contribution is 2.30. The summed E-state index contributed by atoms with van der Waals surface area (Å²) in [4.78, 5) is 12.6. The molecule has 1 aliphatic rings. The van der Waals surface area contributed by atoms with Crippen LogP contribution in [0, 0.1) is 0 Å². The van der Waals surface area contributed by atoms with E-state index in [1.54, 1.807) is 0 Å². The Morgan fingerprint density at radius 1 is 0.686 bits per heavy atom. The molecule has 3 aromatic rings. The van der Waals surface area contributed by atoms with Gasteiger partial charge in [-0.05, 0) is 16.7 Å². The average molecular weight is 479 g/mol. The van der Waals surface area contributed by atoms with Crippen LogP contribution >= 0.6 is 0 Å². The maximum Gasteiger partial charge on any atom is 0.337 e. The fraction of sp³-hybridized carbons (Fsp3) is 0.321. The van der Waals surface area contributed by atoms with Crippen molar-refractivity contribution in [2.75, 3.05) is 7.11 Å². The molecule has 1 heterocycles. The number of aliphatic hydroxyl groups is 1. The van der Waals surface area contributed by atoms with Crippen molar-refractivity contribution in [2.24, 2.45) is 0 Å². The van der Waals surface area contributed by atoms with Crippen LogP contribution in [-0.4, -0.2) is 48.9 Å². The Morgan fingerprint density at radius 3 is 1.51 bits per heavy atom. The minimum absolute atomic E-state index is 0.217. The molecule has 0 bridgehead atoms. The Labute approximate surface area is 205 Å². The van der Waals surface area contributed by atoms with Crippen LogP contribution in [0.2, 0.25) is 0 Å². The molecule has 7 heteroatoms. The normalized spacial score (nSPS) is 24.1. The number of methoxy groups -OCH3 is 1. The zero-order valence-electron chi connectivity index (χ0n) is 19.6. The molecule has 0 saturated carbocycles. The summed E-state index contributed by atoms with van der Waals surface area (Å²) in [6.45, 7) is 0.684. The van der Waals surface area contributed by atoms with Crippen LogP contribution in [0.1, 0.15) is 16.7 Å². The second kappa shape index (κ2) is 12.6. The highest BCUT2D eigenvalue weighted by Gasteiger charge is 2.51. The minimum atomic E-state index is -1.42. The largest absolute Gasteiger partial charge is 0.467 e. The van der Waals surface area contributed by atoms with Crippen LogP contribution in [-0.2, 0) is 48.3 Å². The zero-order valence-corrected chi connectivity index (χ0v) is 19.6. The molecule has 1 fully saturated rings. The highest BCUT2D eigenvalue weighted by molar-refractivity contribution is 5.75. The van der Waals surface area contributed by atoms with Gasteiger partial charge in [-0.3, -0.25) is 0 Å². The van der Waals surface area contributed by atoms with Crippen molar-refractivity contribution >= 4 is 5.97 Å². The van der Waals surface area contributed by atoms with Gasteiger partial charge in [0.05, 0.1) is 26.9 Å². The predicted octanol–water partition coefficient (Wildman–Crippen LogP) is 3.63. The van der Waals surface area contributed by atoms with Gasteiger partial charge in [0, 0.05) is 0 Å². The molecule has 35 heavy (non-hydrogen) atoms. The summed E-state index contributed by atoms with van der Waals surface area (Å²) < 4.78 is 29.2. The lowest BCUT2D eigenvalue weighted by Crippen LogP contribution is -2.62. The summed E-state index contributed by atoms with van der Waals surface area (Å²) in [6.07, 6.45) is -5.19. The number of benzene rings is 3. The Balaban J connectivity index is 1.59. The van der Waals surface area contributed by atoms with Crippen LogP contribution in [0.4, 0.5) is 0 Å². The van der Waals surface area contributed by atoms with Gasteiger partial charge in [-0.15, -0.1) is 0 Å². The van der Waals surface area contributed by atoms with Crippen molar-refractivity contribution < 1.29 is 33.6 Å². The number of carbonyl (C=O) groups is 1. The van der Waals surface area contributed by atoms with E-state index in [0.717, 1.165) is 16.7 Å². The molecule has 0 amide bonds. The van der Waals surface area contributed by atoms with Crippen molar-refractivity contribution in [3.8, 4) is 0 Å². The van der Waals surface area contributed by atoms with Gasteiger partial charge in [0.2, 0.25) is 0 Å². The Bertz CT molecular complexity index is 1030. The first-order chi connectivity index (χ1) is 17.2. The van der Waals surface area contributed by atoms with Crippen LogP contribution in [0.15, 0.2) is 91.0 Å². The maximum atomic E-state index is 12.6. The lowest BCUT2D eigenvalue weighted by molar-refractivity contribution is -0.308. The lowest BCUT2D eigenvalue weighted by atomic mass is 9.97. The van der Waals surface area contributed by atoms with Crippen LogP contribution in [0.3, 0.4) is 0 Å². The van der Waals surface area contributed by atoms with E-state index in [0.29, 0.717) is 0 Å². The summed E-state index contributed by atoms with van der Waals surface area (Å²) in [5.74, 6) is -0.656. The van der Waals surface area contributed by atoms with Crippen molar-refractivity contribution in [3.63, 3.8) is 0 Å². The number of esters is 1. The Hall–Kier alpha value is -3.07. The van der Waals surface area contributed by atoms with Crippen molar-refractivity contribution in [1.29, 1.82) is 0 Å². The van der Waals surface area contributed by atoms with Gasteiger partial charge in [0.1, 0.15) is 18.3 Å². The second-order valence-electron chi connectivity index (χ2n) is 8.25. The quantitative estimate of drug-likeness (QED) is 0.446. The van der Waals surface area contributed by atoms with Gasteiger partial charge in [0.15, 0.2) is 12.4 Å². The number of ether oxygens (including phenoxy) is 5. The molecule has 5 atom stereocenters. The first-order valence-corrected chi connectivity index (χ1v) is 11.5. The average Bonchev–Trinajstić information content (AvgIpc) is 2.91. The molecule has 184 valence electrons. The molecular weight excluding hydrogens is 448 g/mol. The van der Waals surface area contributed by atoms with E-state index in [4.69, 9.17) is 23.7 Å². The van der Waals surface area contributed by atoms with Gasteiger partial charge in [0.25, 0.3) is 0 Å². The van der Waals surface area contributed by atoms with E-state index in [1.165, 1.54) is 7.11 Å². The van der Waals surface area contributed by atoms with Gasteiger partial charge < -0.3 is 28.8 Å². The summed E-state index contributed by atoms with van der Waals surface area (Å²) in [7, 11) is 1.27. The standard InChI is InChI=1S/C28H30O7/c1-31-27(29)26-24(33-18-21-13-7-3-8-14-21)23(32-17-20-11-5-2-6-12-20)25(28(30)35-26)34-19-22-15-9-4-10-16-22/h2-16,23-26,28,30H,17-19H2,1H3. The Kier molecular flexibility index (Phi) is 9.00. The van der Waals surface area contributed by atoms with E-state index in [2.05, 4.69) is 0 Å². The fourth-order valence-electron chi connectivity index (χ4n) is 3.98. The minimum Gasteiger partial charge on any atom is -0.467 e. The van der Waals surface area contributed by atoms with Crippen molar-refractivity contribution in [1.82, 2.24) is 0 Å². The molecule has 0 spiro atoms. The molecule has 0 aromatic heterocycles. The van der Waals surface area contributed by atoms with Gasteiger partial charge >= 0.3 is 5.97 Å². The molecule has 3 aromatic carbocycles. The molecule has 5 unspecified atom stereocenters. The van der Waals surface area contributed by atoms with E-state index in [-0.39, 0.29) is 19.8 Å². The van der Waals surface area contributed by atoms with Crippen molar-refractivity contribution in [3.05, 3.63) is 108 Å². The molecule has 0 aliphatic carbocycles. The van der Waals surface area contributed by atoms with E-state index in [1.807, 2.05) is 91.0 Å². The van der Waals surface area contributed by atoms with Crippen LogP contribution < -0.4 is 0 Å². The van der Waals surface area contributed by atoms with E-state index in [9.17, 15) is 9.90 Å². The topological polar surface area (TPSA) is 83.5 Å². The molecule has 1 N–H and O–H groups in total. The Morgan fingerprint density at radius 2 is 1.09 bits per heavy atom. The first kappa shape index (κ1) is 25.0. The van der Waals surface area contributed by atoms with Gasteiger partial charge in [-0.2, -0.15) is 0 Å². The third-order valence-corrected chi connectivity index (χ3v) is 5.80. The number of rotatable bonds is 10. The third kappa shape index (κ3) is 6.75. The molecule has 1 aliphatic heterocycles. The van der Waals surface area contributed by atoms with E-state index >= 15 is 0 Å². The van der Waals surface area contributed by atoms with Gasteiger partial charge in [-0.25, -0.2) is 4.79 Å². The highest BCUT2D eigenvalue weighted by atomic mass is 16.7. The monoisotopic (exact) mass is 478 g/mol.